The van der Waals surface area contributed by atoms with Gasteiger partial charge in [-0.1, -0.05) is 79.0 Å². The van der Waals surface area contributed by atoms with Crippen LogP contribution in [0.1, 0.15) is 74.7 Å². The van der Waals surface area contributed by atoms with Crippen LogP contribution in [0.4, 0.5) is 5.69 Å². The summed E-state index contributed by atoms with van der Waals surface area (Å²) in [6.07, 6.45) is 3.07. The number of carbonyl (C=O) groups excluding carboxylic acids is 4. The van der Waals surface area contributed by atoms with Crippen LogP contribution in [0.25, 0.3) is 6.08 Å². The maximum atomic E-state index is 14.4. The van der Waals surface area contributed by atoms with Gasteiger partial charge in [-0.05, 0) is 66.3 Å². The van der Waals surface area contributed by atoms with Crippen molar-refractivity contribution >= 4 is 58.9 Å². The predicted molar refractivity (Wildman–Crippen MR) is 194 cm³/mol. The monoisotopic (exact) mass is 728 g/mol. The Morgan fingerprint density at radius 3 is 2.15 bits per heavy atom. The number of anilines is 1. The molecule has 2 atom stereocenters. The zero-order valence-corrected chi connectivity index (χ0v) is 29.5. The van der Waals surface area contributed by atoms with Crippen molar-refractivity contribution in [1.82, 2.24) is 15.5 Å². The third-order valence-electron chi connectivity index (χ3n) is 9.63. The second-order valence-corrected chi connectivity index (χ2v) is 13.6. The van der Waals surface area contributed by atoms with Crippen LogP contribution in [0.2, 0.25) is 5.02 Å². The van der Waals surface area contributed by atoms with Gasteiger partial charge in [0.15, 0.2) is 0 Å². The van der Waals surface area contributed by atoms with Crippen LogP contribution in [0.5, 0.6) is 0 Å². The summed E-state index contributed by atoms with van der Waals surface area (Å²) in [6, 6.07) is 21.5. The molecule has 4 amide bonds. The number of benzene rings is 3. The van der Waals surface area contributed by atoms with Crippen LogP contribution in [0.15, 0.2) is 84.6 Å². The van der Waals surface area contributed by atoms with E-state index in [9.17, 15) is 39.0 Å². The second-order valence-electron chi connectivity index (χ2n) is 13.2. The smallest absolute Gasteiger partial charge is 0.352 e. The SMILES string of the molecule is CC(=O)NCCC1(C(=O)NC(=Cc2ccc(N3C(=O)C(Cc4ccccc4)N(C(=O)CCC(=O)O)C3c3ccc(Cl)cc3)cc2)C(=O)O)CCCC1. The molecule has 1 aliphatic heterocycles. The number of aliphatic carboxylic acids is 2. The highest BCUT2D eigenvalue weighted by atomic mass is 35.5. The maximum absolute atomic E-state index is 14.4. The zero-order chi connectivity index (χ0) is 37.4. The summed E-state index contributed by atoms with van der Waals surface area (Å²) in [6.45, 7) is 1.70. The molecule has 5 rings (SSSR count). The molecule has 0 bridgehead atoms. The van der Waals surface area contributed by atoms with E-state index in [0.29, 0.717) is 47.6 Å². The van der Waals surface area contributed by atoms with Crippen molar-refractivity contribution in [2.45, 2.75) is 70.5 Å². The fraction of sp³-hybridized carbons (Fsp3) is 0.333. The summed E-state index contributed by atoms with van der Waals surface area (Å²) < 4.78 is 0. The molecular formula is C39H41ClN4O8. The van der Waals surface area contributed by atoms with Gasteiger partial charge in [0.2, 0.25) is 17.7 Å². The van der Waals surface area contributed by atoms with Gasteiger partial charge < -0.3 is 25.7 Å². The molecule has 0 aromatic heterocycles. The van der Waals surface area contributed by atoms with Crippen LogP contribution in [0.3, 0.4) is 0 Å². The summed E-state index contributed by atoms with van der Waals surface area (Å²) in [5.41, 5.74) is 1.13. The molecule has 13 heteroatoms. The highest BCUT2D eigenvalue weighted by Gasteiger charge is 2.49. The first-order chi connectivity index (χ1) is 24.9. The van der Waals surface area contributed by atoms with Crippen molar-refractivity contribution in [2.24, 2.45) is 5.41 Å². The summed E-state index contributed by atoms with van der Waals surface area (Å²) >= 11 is 6.20. The van der Waals surface area contributed by atoms with Crippen LogP contribution in [-0.4, -0.2) is 63.3 Å². The van der Waals surface area contributed by atoms with E-state index in [-0.39, 0.29) is 30.4 Å². The molecule has 2 unspecified atom stereocenters. The summed E-state index contributed by atoms with van der Waals surface area (Å²) in [7, 11) is 0. The molecule has 4 N–H and O–H groups in total. The minimum absolute atomic E-state index is 0.188. The van der Waals surface area contributed by atoms with Crippen molar-refractivity contribution < 1.29 is 39.0 Å². The molecule has 2 fully saturated rings. The molecule has 1 heterocycles. The molecule has 1 saturated carbocycles. The first kappa shape index (κ1) is 37.8. The highest BCUT2D eigenvalue weighted by Crippen LogP contribution is 2.42. The molecule has 272 valence electrons. The van der Waals surface area contributed by atoms with Gasteiger partial charge in [-0.15, -0.1) is 0 Å². The fourth-order valence-corrected chi connectivity index (χ4v) is 7.13. The number of carboxylic acid groups (broad SMARTS) is 2. The Morgan fingerprint density at radius 2 is 1.56 bits per heavy atom. The Labute approximate surface area is 306 Å². The summed E-state index contributed by atoms with van der Waals surface area (Å²) in [5, 5.41) is 25.2. The minimum atomic E-state index is -1.33. The number of nitrogens with zero attached hydrogens (tertiary/aromatic N) is 2. The van der Waals surface area contributed by atoms with Crippen molar-refractivity contribution in [3.8, 4) is 0 Å². The van der Waals surface area contributed by atoms with Gasteiger partial charge in [0.05, 0.1) is 11.8 Å². The molecule has 12 nitrogen and oxygen atoms in total. The third kappa shape index (κ3) is 8.86. The van der Waals surface area contributed by atoms with Crippen molar-refractivity contribution in [2.75, 3.05) is 11.4 Å². The number of carbonyl (C=O) groups is 6. The van der Waals surface area contributed by atoms with Crippen molar-refractivity contribution in [3.05, 3.63) is 106 Å². The minimum Gasteiger partial charge on any atom is -0.481 e. The van der Waals surface area contributed by atoms with E-state index >= 15 is 0 Å². The molecule has 3 aromatic carbocycles. The number of carboxylic acids is 2. The largest absolute Gasteiger partial charge is 0.481 e. The van der Waals surface area contributed by atoms with Crippen LogP contribution >= 0.6 is 11.6 Å². The number of halogens is 1. The Bertz CT molecular complexity index is 1840. The van der Waals surface area contributed by atoms with Gasteiger partial charge in [0.1, 0.15) is 17.9 Å². The van der Waals surface area contributed by atoms with Crippen molar-refractivity contribution in [3.63, 3.8) is 0 Å². The van der Waals surface area contributed by atoms with E-state index in [2.05, 4.69) is 10.6 Å². The zero-order valence-electron chi connectivity index (χ0n) is 28.7. The third-order valence-corrected chi connectivity index (χ3v) is 9.88. The topological polar surface area (TPSA) is 173 Å². The molecule has 3 aromatic rings. The first-order valence-electron chi connectivity index (χ1n) is 17.1. The molecule has 0 radical (unpaired) electrons. The van der Waals surface area contributed by atoms with Gasteiger partial charge in [0, 0.05) is 37.0 Å². The fourth-order valence-electron chi connectivity index (χ4n) is 7.01. The van der Waals surface area contributed by atoms with E-state index in [0.717, 1.165) is 18.4 Å². The average Bonchev–Trinajstić information content (AvgIpc) is 3.71. The second kappa shape index (κ2) is 16.7. The molecular weight excluding hydrogens is 688 g/mol. The number of hydrogen-bond donors (Lipinski definition) is 4. The van der Waals surface area contributed by atoms with Gasteiger partial charge in [0.25, 0.3) is 5.91 Å². The highest BCUT2D eigenvalue weighted by molar-refractivity contribution is 6.30. The molecule has 1 aliphatic carbocycles. The Balaban J connectivity index is 1.47. The number of rotatable bonds is 14. The quantitative estimate of drug-likeness (QED) is 0.162. The van der Waals surface area contributed by atoms with E-state index in [1.54, 1.807) is 48.5 Å². The van der Waals surface area contributed by atoms with Crippen LogP contribution < -0.4 is 15.5 Å². The van der Waals surface area contributed by atoms with Gasteiger partial charge in [-0.25, -0.2) is 4.79 Å². The summed E-state index contributed by atoms with van der Waals surface area (Å²) in [5.74, 6) is -3.96. The van der Waals surface area contributed by atoms with Gasteiger partial charge in [-0.2, -0.15) is 0 Å². The maximum Gasteiger partial charge on any atom is 0.352 e. The Morgan fingerprint density at radius 1 is 0.904 bits per heavy atom. The number of nitrogens with one attached hydrogen (secondary N) is 2. The predicted octanol–water partition coefficient (Wildman–Crippen LogP) is 5.32. The van der Waals surface area contributed by atoms with Crippen LogP contribution in [0, 0.1) is 5.41 Å². The first-order valence-corrected chi connectivity index (χ1v) is 17.5. The van der Waals surface area contributed by atoms with E-state index < -0.39 is 47.8 Å². The average molecular weight is 729 g/mol. The Kier molecular flexibility index (Phi) is 12.1. The van der Waals surface area contributed by atoms with E-state index in [1.165, 1.54) is 22.8 Å². The van der Waals surface area contributed by atoms with Gasteiger partial charge >= 0.3 is 11.9 Å². The van der Waals surface area contributed by atoms with Crippen molar-refractivity contribution in [1.29, 1.82) is 0 Å². The van der Waals surface area contributed by atoms with Crippen LogP contribution in [-0.2, 0) is 35.2 Å². The number of amides is 4. The lowest BCUT2D eigenvalue weighted by atomic mass is 9.81. The molecule has 2 aliphatic rings. The molecule has 1 saturated heterocycles. The normalized spacial score (nSPS) is 18.3. The van der Waals surface area contributed by atoms with E-state index in [4.69, 9.17) is 11.6 Å². The molecule has 0 spiro atoms. The molecule has 52 heavy (non-hydrogen) atoms. The van der Waals surface area contributed by atoms with Gasteiger partial charge in [-0.3, -0.25) is 28.9 Å². The van der Waals surface area contributed by atoms with E-state index in [1.807, 2.05) is 30.3 Å². The number of hydrogen-bond acceptors (Lipinski definition) is 6. The summed E-state index contributed by atoms with van der Waals surface area (Å²) in [4.78, 5) is 79.8. The lowest BCUT2D eigenvalue weighted by Crippen LogP contribution is -2.42. The standard InChI is InChI=1S/C39H41ClN4O8/c1-25(45)41-22-21-39(19-5-6-20-39)38(52)42-31(37(50)51)23-27-9-15-30(16-10-27)43-35(28-11-13-29(40)14-12-28)44(33(46)17-18-34(47)48)32(36(43)49)24-26-7-3-2-4-8-26/h2-4,7-16,23,32,35H,5-6,17-22,24H2,1H3,(H,41,45)(H,42,52)(H,47,48)(H,50,51). The lowest BCUT2D eigenvalue weighted by molar-refractivity contribution is -0.142. The Hall–Kier alpha value is -5.49. The lowest BCUT2D eigenvalue weighted by Gasteiger charge is -2.32.